The van der Waals surface area contributed by atoms with Gasteiger partial charge in [-0.2, -0.15) is 0 Å². The Bertz CT molecular complexity index is 1770. The largest absolute Gasteiger partial charge is 0.508 e. The third-order valence-corrected chi connectivity index (χ3v) is 9.86. The van der Waals surface area contributed by atoms with Crippen molar-refractivity contribution in [1.29, 1.82) is 0 Å². The summed E-state index contributed by atoms with van der Waals surface area (Å²) in [6.45, 7) is 8.47. The van der Waals surface area contributed by atoms with E-state index in [0.717, 1.165) is 44.5 Å². The molecule has 0 unspecified atom stereocenters. The molecule has 0 saturated carbocycles. The maximum Gasteiger partial charge on any atom is 0.126 e. The first-order valence-electron chi connectivity index (χ1n) is 15.7. The lowest BCUT2D eigenvalue weighted by molar-refractivity contribution is 0.379. The fourth-order valence-corrected chi connectivity index (χ4v) is 7.01. The van der Waals surface area contributed by atoms with E-state index in [1.807, 2.05) is 24.3 Å². The summed E-state index contributed by atoms with van der Waals surface area (Å²) in [7, 11) is 11.6. The smallest absolute Gasteiger partial charge is 0.126 e. The van der Waals surface area contributed by atoms with E-state index in [-0.39, 0.29) is 29.4 Å². The molecule has 0 heterocycles. The highest BCUT2D eigenvalue weighted by Crippen LogP contribution is 2.50. The zero-order valence-electron chi connectivity index (χ0n) is 29.2. The number of fused-ring (bicyclic) bond motifs is 8. The predicted molar refractivity (Wildman–Crippen MR) is 183 cm³/mol. The molecule has 0 amide bonds. The van der Waals surface area contributed by atoms with Crippen LogP contribution in [-0.4, -0.2) is 54.9 Å². The summed E-state index contributed by atoms with van der Waals surface area (Å²) < 4.78 is 41.5. The molecular weight excluding hydrogens is 596 g/mol. The first-order valence-corrected chi connectivity index (χ1v) is 15.7. The van der Waals surface area contributed by atoms with Crippen molar-refractivity contribution in [3.05, 3.63) is 93.0 Å². The van der Waals surface area contributed by atoms with Crippen LogP contribution in [-0.2, 0) is 0 Å². The van der Waals surface area contributed by atoms with Crippen molar-refractivity contribution >= 4 is 0 Å². The Morgan fingerprint density at radius 2 is 0.511 bits per heavy atom. The molecule has 47 heavy (non-hydrogen) atoms. The van der Waals surface area contributed by atoms with Crippen molar-refractivity contribution in [3.8, 4) is 46.0 Å². The normalized spacial score (nSPS) is 18.6. The minimum absolute atomic E-state index is 0.136. The van der Waals surface area contributed by atoms with Gasteiger partial charge < -0.3 is 38.3 Å². The number of hydrogen-bond donors (Lipinski definition) is 1. The standard InChI is InChI=1S/C39H46O8/c1-20-24-12-25(33(41-5)16-32(24)40)21(2)28-14-29(37(45-9)18-36(28)44-8)23(4)31-15-30(38(46-10)19-39(31)47-11)22(3)27-13-26(20)34(42-6)17-35(27)43-7/h12-23,40H,1-11H3/t20-,21+,22-,23+/m0/s1. The van der Waals surface area contributed by atoms with Crippen molar-refractivity contribution < 1.29 is 38.3 Å². The van der Waals surface area contributed by atoms with Gasteiger partial charge in [-0.3, -0.25) is 0 Å². The van der Waals surface area contributed by atoms with Crippen LogP contribution < -0.4 is 33.2 Å². The monoisotopic (exact) mass is 642 g/mol. The Morgan fingerprint density at radius 3 is 0.745 bits per heavy atom. The number of hydrogen-bond acceptors (Lipinski definition) is 8. The summed E-state index contributed by atoms with van der Waals surface area (Å²) in [5.74, 6) is 4.12. The lowest BCUT2D eigenvalue weighted by Gasteiger charge is -2.28. The Morgan fingerprint density at radius 1 is 0.319 bits per heavy atom. The predicted octanol–water partition coefficient (Wildman–Crippen LogP) is 8.37. The molecule has 8 bridgehead atoms. The Kier molecular flexibility index (Phi) is 9.70. The van der Waals surface area contributed by atoms with E-state index in [0.29, 0.717) is 40.2 Å². The first kappa shape index (κ1) is 33.6. The van der Waals surface area contributed by atoms with Crippen molar-refractivity contribution in [2.24, 2.45) is 0 Å². The molecule has 4 aromatic rings. The molecule has 0 aromatic heterocycles. The minimum Gasteiger partial charge on any atom is -0.508 e. The van der Waals surface area contributed by atoms with Gasteiger partial charge in [0.2, 0.25) is 0 Å². The fourth-order valence-electron chi connectivity index (χ4n) is 7.01. The van der Waals surface area contributed by atoms with Gasteiger partial charge in [0.05, 0.1) is 49.8 Å². The Balaban J connectivity index is 1.94. The number of benzene rings is 4. The van der Waals surface area contributed by atoms with Gasteiger partial charge in [-0.05, 0) is 24.3 Å². The molecule has 8 nitrogen and oxygen atoms in total. The number of methoxy groups -OCH3 is 7. The maximum atomic E-state index is 11.4. The second kappa shape index (κ2) is 13.6. The van der Waals surface area contributed by atoms with Crippen LogP contribution in [0.25, 0.3) is 0 Å². The van der Waals surface area contributed by atoms with Gasteiger partial charge in [-0.15, -0.1) is 0 Å². The Hall–Kier alpha value is -4.72. The molecule has 250 valence electrons. The summed E-state index contributed by atoms with van der Waals surface area (Å²) >= 11 is 0. The van der Waals surface area contributed by atoms with Crippen LogP contribution in [0, 0.1) is 0 Å². The van der Waals surface area contributed by atoms with Crippen molar-refractivity contribution in [2.75, 3.05) is 49.8 Å². The molecule has 1 aliphatic carbocycles. The SMILES string of the molecule is COc1cc(O)c2cc1[C@@H](C)c1cc(c(OC)cc1OC)[C@@H](C)c1cc(c(OC)cc1OC)[C@@H](C)c1cc(c(OC)cc1OC)[C@H]2C. The molecular formula is C39H46O8. The first-order chi connectivity index (χ1) is 22.6. The third-order valence-electron chi connectivity index (χ3n) is 9.86. The molecule has 0 spiro atoms. The lowest BCUT2D eigenvalue weighted by Crippen LogP contribution is -2.11. The topological polar surface area (TPSA) is 84.8 Å². The molecule has 4 aromatic carbocycles. The van der Waals surface area contributed by atoms with Gasteiger partial charge in [0.15, 0.2) is 0 Å². The highest BCUT2D eigenvalue weighted by Gasteiger charge is 2.30. The number of phenols is 1. The molecule has 1 N–H and O–H groups in total. The quantitative estimate of drug-likeness (QED) is 0.215. The van der Waals surface area contributed by atoms with Gasteiger partial charge in [0.25, 0.3) is 0 Å². The zero-order valence-corrected chi connectivity index (χ0v) is 29.2. The van der Waals surface area contributed by atoms with E-state index in [2.05, 4.69) is 45.9 Å². The van der Waals surface area contributed by atoms with E-state index >= 15 is 0 Å². The zero-order chi connectivity index (χ0) is 34.2. The summed E-state index contributed by atoms with van der Waals surface area (Å²) in [5.41, 5.74) is 7.39. The molecule has 8 heteroatoms. The van der Waals surface area contributed by atoms with E-state index in [1.165, 1.54) is 0 Å². The lowest BCUT2D eigenvalue weighted by atomic mass is 9.80. The summed E-state index contributed by atoms with van der Waals surface area (Å²) in [4.78, 5) is 0. The van der Waals surface area contributed by atoms with Crippen LogP contribution in [0.4, 0.5) is 0 Å². The molecule has 0 radical (unpaired) electrons. The Labute approximate surface area is 278 Å². The van der Waals surface area contributed by atoms with Crippen LogP contribution in [0.15, 0.2) is 48.5 Å². The molecule has 1 aliphatic rings. The average Bonchev–Trinajstić information content (AvgIpc) is 3.11. The van der Waals surface area contributed by atoms with Crippen molar-refractivity contribution in [2.45, 2.75) is 51.4 Å². The fraction of sp³-hybridized carbons (Fsp3) is 0.385. The highest BCUT2D eigenvalue weighted by atomic mass is 16.5. The van der Waals surface area contributed by atoms with Gasteiger partial charge in [0, 0.05) is 92.4 Å². The number of phenolic OH excluding ortho intramolecular Hbond substituents is 1. The second-order valence-electron chi connectivity index (χ2n) is 12.0. The van der Waals surface area contributed by atoms with Gasteiger partial charge >= 0.3 is 0 Å². The highest BCUT2D eigenvalue weighted by molar-refractivity contribution is 5.62. The summed E-state index contributed by atoms with van der Waals surface area (Å²) in [5, 5.41) is 11.4. The number of rotatable bonds is 7. The molecule has 5 rings (SSSR count). The van der Waals surface area contributed by atoms with Crippen LogP contribution in [0.1, 0.15) is 95.9 Å². The third kappa shape index (κ3) is 5.75. The van der Waals surface area contributed by atoms with Crippen LogP contribution in [0.2, 0.25) is 0 Å². The van der Waals surface area contributed by atoms with Gasteiger partial charge in [-0.1, -0.05) is 27.7 Å². The van der Waals surface area contributed by atoms with Crippen molar-refractivity contribution in [1.82, 2.24) is 0 Å². The van der Waals surface area contributed by atoms with Crippen LogP contribution >= 0.6 is 0 Å². The molecule has 4 atom stereocenters. The number of aromatic hydroxyl groups is 1. The van der Waals surface area contributed by atoms with Gasteiger partial charge in [-0.25, -0.2) is 0 Å². The van der Waals surface area contributed by atoms with E-state index < -0.39 is 0 Å². The van der Waals surface area contributed by atoms with Crippen molar-refractivity contribution in [3.63, 3.8) is 0 Å². The van der Waals surface area contributed by atoms with E-state index in [9.17, 15) is 5.11 Å². The molecule has 0 fully saturated rings. The second-order valence-corrected chi connectivity index (χ2v) is 12.0. The minimum atomic E-state index is -0.256. The summed E-state index contributed by atoms with van der Waals surface area (Å²) in [6.07, 6.45) is 0. The molecule has 0 aliphatic heterocycles. The van der Waals surface area contributed by atoms with Crippen LogP contribution in [0.3, 0.4) is 0 Å². The van der Waals surface area contributed by atoms with E-state index in [1.54, 1.807) is 55.8 Å². The summed E-state index contributed by atoms with van der Waals surface area (Å²) in [6, 6.07) is 16.0. The maximum absolute atomic E-state index is 11.4. The van der Waals surface area contributed by atoms with Crippen LogP contribution in [0.5, 0.6) is 46.0 Å². The number of ether oxygens (including phenoxy) is 7. The van der Waals surface area contributed by atoms with E-state index in [4.69, 9.17) is 33.2 Å². The average molecular weight is 643 g/mol. The molecule has 0 saturated heterocycles. The van der Waals surface area contributed by atoms with Gasteiger partial charge in [0.1, 0.15) is 46.0 Å².